The number of likely N-dealkylation sites (tertiary alicyclic amines) is 2. The Morgan fingerprint density at radius 2 is 0.815 bits per heavy atom. The summed E-state index contributed by atoms with van der Waals surface area (Å²) in [5, 5.41) is 48.1. The molecule has 3 saturated heterocycles. The monoisotopic (exact) mass is 1150 g/mol. The van der Waals surface area contributed by atoms with E-state index < -0.39 is 93.4 Å². The van der Waals surface area contributed by atoms with Gasteiger partial charge in [0.2, 0.25) is 11.8 Å². The molecule has 3 spiro atoms. The Morgan fingerprint density at radius 1 is 0.494 bits per heavy atom. The fourth-order valence-corrected chi connectivity index (χ4v) is 11.8. The maximum absolute atomic E-state index is 13.3. The minimum absolute atomic E-state index is 0.0333. The maximum Gasteiger partial charge on any atom is 0.408 e. The van der Waals surface area contributed by atoms with Crippen LogP contribution in [0.2, 0.25) is 0 Å². The van der Waals surface area contributed by atoms with Gasteiger partial charge in [-0.25, -0.2) is 24.0 Å². The molecule has 5 amide bonds. The van der Waals surface area contributed by atoms with Gasteiger partial charge in [0.05, 0.1) is 12.6 Å². The molecule has 81 heavy (non-hydrogen) atoms. The minimum atomic E-state index is -1.07. The number of alkyl carbamates (subject to hydrolysis) is 3. The van der Waals surface area contributed by atoms with Crippen molar-refractivity contribution in [3.8, 4) is 0 Å². The van der Waals surface area contributed by atoms with Gasteiger partial charge in [-0.1, -0.05) is 104 Å². The number of aliphatic carboxylic acids is 3. The van der Waals surface area contributed by atoms with Crippen molar-refractivity contribution in [2.24, 2.45) is 48.7 Å². The fraction of sp³-hybridized carbons (Fsp3) is 0.867. The van der Waals surface area contributed by atoms with E-state index in [1.54, 1.807) is 88.0 Å². The molecule has 3 unspecified atom stereocenters. The van der Waals surface area contributed by atoms with Gasteiger partial charge in [-0.05, 0) is 150 Å². The molecule has 8 N–H and O–H groups in total. The summed E-state index contributed by atoms with van der Waals surface area (Å²) in [4.78, 5) is 99.3. The van der Waals surface area contributed by atoms with Gasteiger partial charge in [-0.3, -0.25) is 14.4 Å². The molecule has 3 saturated carbocycles. The van der Waals surface area contributed by atoms with Crippen molar-refractivity contribution in [3.63, 3.8) is 0 Å². The van der Waals surface area contributed by atoms with Crippen LogP contribution in [0.25, 0.3) is 0 Å². The molecule has 3 heterocycles. The van der Waals surface area contributed by atoms with Crippen LogP contribution in [0.3, 0.4) is 0 Å². The van der Waals surface area contributed by atoms with Crippen molar-refractivity contribution in [2.75, 3.05) is 26.2 Å². The largest absolute Gasteiger partial charge is 0.480 e. The Morgan fingerprint density at radius 3 is 1.07 bits per heavy atom. The lowest BCUT2D eigenvalue weighted by molar-refractivity contribution is -0.150. The van der Waals surface area contributed by atoms with Gasteiger partial charge in [0.1, 0.15) is 47.0 Å². The molecule has 3 aliphatic carbocycles. The number of carbonyl (C=O) groups excluding carboxylic acids is 5. The SMILES string of the molecule is CC(C)(C)OC(=O)N[C@H](C(=O)N1CC2(C[C@H]1C(=O)O)CC2(C)C)C(C)(C)C.CC(C)(C)OC(=O)N[C@H](C(=O)N1CC2(C[C@H]1CO)CC2(C)C)C(C)(C)C.CC(C)(C)OC(=O)N[C@H](C(=O)O)C(C)(C)C.CC1(C)CC12CN[C@H](C(=O)O)C2. The average Bonchev–Trinajstić information content (AvgIpc) is 3.81. The van der Waals surface area contributed by atoms with Crippen molar-refractivity contribution in [2.45, 2.75) is 258 Å². The number of amides is 5. The van der Waals surface area contributed by atoms with Crippen LogP contribution in [0.5, 0.6) is 0 Å². The molecule has 21 nitrogen and oxygen atoms in total. The van der Waals surface area contributed by atoms with Gasteiger partial charge >= 0.3 is 36.2 Å². The van der Waals surface area contributed by atoms with Crippen LogP contribution in [0, 0.1) is 48.7 Å². The standard InChI is InChI=1S/C20H34N2O5.C20H36N2O4.C11H21NO4.C9H15NO2/c1-17(2,3)13(21-16(26)27-18(4,5)6)14(23)22-11-20(10-19(20,7)8)9-12(22)15(24)25;1-17(2,3)14(21-16(25)26-18(4,5)6)15(24)22-12-20(9-13(22)10-23)11-19(20,7)8;1-10(2,3)7(8(13)14)12-9(15)16-11(4,5)6;1-8(2)4-9(8)3-6(7(11)12)10-5-9/h12-13H,9-11H2,1-8H3,(H,21,26)(H,24,25);13-14,23H,9-12H2,1-8H3,(H,21,25);7H,1-6H3,(H,12,15)(H,13,14);6,10H,3-5H2,1-2H3,(H,11,12)/t12-,13+,20?;13-,14+,20?;7-;6-,9?/m0010/s1. The third kappa shape index (κ3) is 18.3. The van der Waals surface area contributed by atoms with E-state index in [1.807, 2.05) is 41.5 Å². The number of hydrogen-bond acceptors (Lipinski definition) is 13. The summed E-state index contributed by atoms with van der Waals surface area (Å²) in [5.74, 6) is -3.26. The topological polar surface area (TPSA) is 300 Å². The molecule has 9 atom stereocenters. The van der Waals surface area contributed by atoms with Gasteiger partial charge in [0.25, 0.3) is 0 Å². The smallest absolute Gasteiger partial charge is 0.408 e. The van der Waals surface area contributed by atoms with Gasteiger partial charge in [0.15, 0.2) is 0 Å². The third-order valence-corrected chi connectivity index (χ3v) is 17.2. The fourth-order valence-electron chi connectivity index (χ4n) is 11.8. The number of carbonyl (C=O) groups is 8. The van der Waals surface area contributed by atoms with Crippen LogP contribution in [0.15, 0.2) is 0 Å². The molecule has 0 bridgehead atoms. The number of carboxylic acid groups (broad SMARTS) is 3. The molecule has 466 valence electrons. The van der Waals surface area contributed by atoms with E-state index in [9.17, 15) is 48.6 Å². The van der Waals surface area contributed by atoms with Gasteiger partial charge in [-0.15, -0.1) is 0 Å². The Labute approximate surface area is 483 Å². The van der Waals surface area contributed by atoms with E-state index in [1.165, 1.54) is 11.3 Å². The molecule has 6 aliphatic rings. The molecule has 0 aromatic rings. The number of aliphatic hydroxyl groups is 1. The average molecular weight is 1150 g/mol. The zero-order valence-corrected chi connectivity index (χ0v) is 53.7. The van der Waals surface area contributed by atoms with Crippen LogP contribution in [0.1, 0.15) is 205 Å². The van der Waals surface area contributed by atoms with E-state index in [-0.39, 0.29) is 52.2 Å². The second-order valence-electron chi connectivity index (χ2n) is 32.2. The van der Waals surface area contributed by atoms with Crippen LogP contribution in [-0.4, -0.2) is 158 Å². The van der Waals surface area contributed by atoms with Gasteiger partial charge in [0, 0.05) is 19.6 Å². The maximum atomic E-state index is 13.3. The summed E-state index contributed by atoms with van der Waals surface area (Å²) in [6, 6.07) is -3.89. The molecule has 0 aromatic carbocycles. The summed E-state index contributed by atoms with van der Waals surface area (Å²) in [5.41, 5.74) is -2.71. The first-order valence-corrected chi connectivity index (χ1v) is 28.6. The third-order valence-electron chi connectivity index (χ3n) is 17.2. The van der Waals surface area contributed by atoms with Crippen molar-refractivity contribution >= 4 is 48.0 Å². The summed E-state index contributed by atoms with van der Waals surface area (Å²) < 4.78 is 15.6. The molecule has 21 heteroatoms. The highest BCUT2D eigenvalue weighted by atomic mass is 16.6. The number of nitrogens with one attached hydrogen (secondary N) is 4. The quantitative estimate of drug-likeness (QED) is 0.100. The first-order valence-electron chi connectivity index (χ1n) is 28.6. The van der Waals surface area contributed by atoms with Crippen molar-refractivity contribution in [1.82, 2.24) is 31.1 Å². The zero-order valence-electron chi connectivity index (χ0n) is 53.7. The van der Waals surface area contributed by atoms with Gasteiger partial charge in [-0.2, -0.15) is 0 Å². The van der Waals surface area contributed by atoms with E-state index >= 15 is 0 Å². The normalized spacial score (nSPS) is 27.8. The highest BCUT2D eigenvalue weighted by molar-refractivity contribution is 5.91. The summed E-state index contributed by atoms with van der Waals surface area (Å²) >= 11 is 0. The summed E-state index contributed by atoms with van der Waals surface area (Å²) in [6.45, 7) is 47.3. The van der Waals surface area contributed by atoms with Crippen molar-refractivity contribution in [3.05, 3.63) is 0 Å². The molecule has 0 radical (unpaired) electrons. The zero-order chi connectivity index (χ0) is 63.3. The van der Waals surface area contributed by atoms with Crippen LogP contribution < -0.4 is 21.3 Å². The number of ether oxygens (including phenoxy) is 3. The van der Waals surface area contributed by atoms with Crippen molar-refractivity contribution < 1.29 is 73.0 Å². The lowest BCUT2D eigenvalue weighted by Crippen LogP contribution is -2.57. The first-order chi connectivity index (χ1) is 36.0. The highest BCUT2D eigenvalue weighted by Gasteiger charge is 2.69. The Balaban J connectivity index is 0.000000296. The van der Waals surface area contributed by atoms with E-state index in [4.69, 9.17) is 24.4 Å². The molecule has 0 aromatic heterocycles. The van der Waals surface area contributed by atoms with Crippen LogP contribution in [0.4, 0.5) is 14.4 Å². The molecule has 6 rings (SSSR count). The summed E-state index contributed by atoms with van der Waals surface area (Å²) in [7, 11) is 0. The van der Waals surface area contributed by atoms with Crippen molar-refractivity contribution in [1.29, 1.82) is 0 Å². The van der Waals surface area contributed by atoms with E-state index in [0.717, 1.165) is 32.2 Å². The molecular formula is C60H106N6O15. The lowest BCUT2D eigenvalue weighted by Gasteiger charge is -2.35. The predicted octanol–water partition coefficient (Wildman–Crippen LogP) is 8.82. The predicted molar refractivity (Wildman–Crippen MR) is 307 cm³/mol. The first kappa shape index (κ1) is 70.3. The van der Waals surface area contributed by atoms with E-state index in [0.29, 0.717) is 30.3 Å². The lowest BCUT2D eigenvalue weighted by atomic mass is 9.85. The number of rotatable bonds is 9. The number of hydrogen-bond donors (Lipinski definition) is 8. The van der Waals surface area contributed by atoms with Gasteiger partial charge < -0.3 is 65.7 Å². The van der Waals surface area contributed by atoms with Crippen LogP contribution in [-0.2, 0) is 38.2 Å². The number of nitrogens with zero attached hydrogens (tertiary/aromatic N) is 2. The Bertz CT molecular complexity index is 2340. The summed E-state index contributed by atoms with van der Waals surface area (Å²) in [6.07, 6.45) is 3.28. The Kier molecular flexibility index (Phi) is 20.5. The second kappa shape index (κ2) is 23.6. The van der Waals surface area contributed by atoms with E-state index in [2.05, 4.69) is 62.8 Å². The molecule has 3 aliphatic heterocycles. The minimum Gasteiger partial charge on any atom is -0.480 e. The number of aliphatic hydroxyl groups excluding tert-OH is 1. The van der Waals surface area contributed by atoms with Crippen LogP contribution >= 0.6 is 0 Å². The highest BCUT2D eigenvalue weighted by Crippen LogP contribution is 2.70. The number of carboxylic acids is 3. The second-order valence-corrected chi connectivity index (χ2v) is 32.2. The molecular weight excluding hydrogens is 1040 g/mol. The Hall–Kier alpha value is -4.92. The molecule has 6 fully saturated rings.